The van der Waals surface area contributed by atoms with Crippen LogP contribution in [0.4, 0.5) is 0 Å². The van der Waals surface area contributed by atoms with Crippen molar-refractivity contribution in [3.8, 4) is 0 Å². The normalized spacial score (nSPS) is 27.7. The molecule has 2 atom stereocenters. The number of carbonyl (C=O) groups is 1. The SMILES string of the molecule is CC=C1CN(C)CC2CCc3c([nH]c4ccccc34)C(=O)C12. The third-order valence-electron chi connectivity index (χ3n) is 5.35. The topological polar surface area (TPSA) is 36.1 Å². The summed E-state index contributed by atoms with van der Waals surface area (Å²) in [7, 11) is 2.16. The summed E-state index contributed by atoms with van der Waals surface area (Å²) in [6, 6.07) is 8.29. The van der Waals surface area contributed by atoms with Crippen LogP contribution in [0.3, 0.4) is 0 Å². The molecule has 0 saturated carbocycles. The summed E-state index contributed by atoms with van der Waals surface area (Å²) in [4.78, 5) is 19.0. The second kappa shape index (κ2) is 5.10. The number of likely N-dealkylation sites (tertiary alicyclic amines) is 1. The van der Waals surface area contributed by atoms with Crippen LogP contribution in [0.15, 0.2) is 35.9 Å². The zero-order valence-electron chi connectivity index (χ0n) is 13.2. The molecule has 1 aliphatic carbocycles. The number of hydrogen-bond donors (Lipinski definition) is 1. The van der Waals surface area contributed by atoms with E-state index in [0.29, 0.717) is 11.7 Å². The number of piperidine rings is 1. The molecule has 1 N–H and O–H groups in total. The van der Waals surface area contributed by atoms with Gasteiger partial charge in [0.05, 0.1) is 11.6 Å². The van der Waals surface area contributed by atoms with Gasteiger partial charge in [0.2, 0.25) is 0 Å². The van der Waals surface area contributed by atoms with Gasteiger partial charge in [-0.3, -0.25) is 4.79 Å². The first kappa shape index (κ1) is 13.8. The molecule has 1 saturated heterocycles. The van der Waals surface area contributed by atoms with Crippen molar-refractivity contribution in [2.45, 2.75) is 19.8 Å². The van der Waals surface area contributed by atoms with Crippen LogP contribution in [0.25, 0.3) is 10.9 Å². The Morgan fingerprint density at radius 3 is 2.95 bits per heavy atom. The van der Waals surface area contributed by atoms with Crippen LogP contribution in [0.2, 0.25) is 0 Å². The summed E-state index contributed by atoms with van der Waals surface area (Å²) in [5.74, 6) is 0.808. The summed E-state index contributed by atoms with van der Waals surface area (Å²) in [6.07, 6.45) is 4.24. The molecule has 0 amide bonds. The zero-order chi connectivity index (χ0) is 15.3. The number of fused-ring (bicyclic) bond motifs is 4. The fourth-order valence-electron chi connectivity index (χ4n) is 4.35. The second-order valence-corrected chi connectivity index (χ2v) is 6.73. The average Bonchev–Trinajstić information content (AvgIpc) is 2.84. The number of aromatic nitrogens is 1. The number of aryl methyl sites for hydroxylation is 1. The first-order chi connectivity index (χ1) is 10.7. The van der Waals surface area contributed by atoms with Gasteiger partial charge in [0.25, 0.3) is 0 Å². The van der Waals surface area contributed by atoms with Crippen molar-refractivity contribution in [2.24, 2.45) is 11.8 Å². The molecule has 0 radical (unpaired) electrons. The maximum Gasteiger partial charge on any atom is 0.186 e. The third-order valence-corrected chi connectivity index (χ3v) is 5.35. The van der Waals surface area contributed by atoms with E-state index in [-0.39, 0.29) is 5.92 Å². The summed E-state index contributed by atoms with van der Waals surface area (Å²) >= 11 is 0. The number of nitrogens with zero attached hydrogens (tertiary/aromatic N) is 1. The van der Waals surface area contributed by atoms with E-state index in [4.69, 9.17) is 0 Å². The van der Waals surface area contributed by atoms with Gasteiger partial charge in [-0.25, -0.2) is 0 Å². The summed E-state index contributed by atoms with van der Waals surface area (Å²) < 4.78 is 0. The first-order valence-electron chi connectivity index (χ1n) is 8.16. The Bertz CT molecular complexity index is 771. The van der Waals surface area contributed by atoms with E-state index in [9.17, 15) is 4.79 Å². The Morgan fingerprint density at radius 2 is 2.14 bits per heavy atom. The highest BCUT2D eigenvalue weighted by Gasteiger charge is 2.40. The van der Waals surface area contributed by atoms with Crippen molar-refractivity contribution in [1.82, 2.24) is 9.88 Å². The molecule has 1 aromatic heterocycles. The Kier molecular flexibility index (Phi) is 3.19. The molecule has 1 aromatic carbocycles. The quantitative estimate of drug-likeness (QED) is 0.756. The van der Waals surface area contributed by atoms with E-state index in [1.807, 2.05) is 6.07 Å². The minimum atomic E-state index is 0.0653. The number of carbonyl (C=O) groups excluding carboxylic acids is 1. The van der Waals surface area contributed by atoms with Crippen molar-refractivity contribution < 1.29 is 4.79 Å². The molecule has 2 aliphatic rings. The van der Waals surface area contributed by atoms with E-state index in [1.165, 1.54) is 16.5 Å². The van der Waals surface area contributed by atoms with Gasteiger partial charge in [-0.1, -0.05) is 24.3 Å². The van der Waals surface area contributed by atoms with E-state index in [2.05, 4.69) is 48.1 Å². The van der Waals surface area contributed by atoms with Gasteiger partial charge >= 0.3 is 0 Å². The maximum absolute atomic E-state index is 13.2. The summed E-state index contributed by atoms with van der Waals surface area (Å²) in [5.41, 5.74) is 4.47. The molecule has 3 nitrogen and oxygen atoms in total. The number of nitrogens with one attached hydrogen (secondary N) is 1. The summed E-state index contributed by atoms with van der Waals surface area (Å²) in [5, 5.41) is 1.22. The Hall–Kier alpha value is -1.87. The number of H-pyrrole nitrogens is 1. The van der Waals surface area contributed by atoms with E-state index < -0.39 is 0 Å². The van der Waals surface area contributed by atoms with Crippen LogP contribution in [-0.4, -0.2) is 35.8 Å². The van der Waals surface area contributed by atoms with Gasteiger partial charge in [0.15, 0.2) is 5.78 Å². The number of allylic oxidation sites excluding steroid dienone is 1. The Balaban J connectivity index is 1.85. The van der Waals surface area contributed by atoms with Crippen molar-refractivity contribution in [3.63, 3.8) is 0 Å². The largest absolute Gasteiger partial charge is 0.352 e. The number of aromatic amines is 1. The molecule has 22 heavy (non-hydrogen) atoms. The van der Waals surface area contributed by atoms with E-state index >= 15 is 0 Å². The van der Waals surface area contributed by atoms with Gasteiger partial charge < -0.3 is 9.88 Å². The van der Waals surface area contributed by atoms with Gasteiger partial charge in [-0.15, -0.1) is 0 Å². The molecule has 2 aromatic rings. The predicted molar refractivity (Wildman–Crippen MR) is 89.2 cm³/mol. The van der Waals surface area contributed by atoms with Crippen LogP contribution in [0, 0.1) is 11.8 Å². The second-order valence-electron chi connectivity index (χ2n) is 6.73. The number of ketones is 1. The molecule has 1 fully saturated rings. The number of rotatable bonds is 0. The highest BCUT2D eigenvalue weighted by Crippen LogP contribution is 2.39. The smallest absolute Gasteiger partial charge is 0.186 e. The number of likely N-dealkylation sites (N-methyl/N-ethyl adjacent to an activating group) is 1. The van der Waals surface area contributed by atoms with Crippen molar-refractivity contribution >= 4 is 16.7 Å². The monoisotopic (exact) mass is 294 g/mol. The lowest BCUT2D eigenvalue weighted by Crippen LogP contribution is -2.42. The molecule has 4 rings (SSSR count). The van der Waals surface area contributed by atoms with E-state index in [1.54, 1.807) is 0 Å². The molecule has 0 spiro atoms. The fourth-order valence-corrected chi connectivity index (χ4v) is 4.35. The van der Waals surface area contributed by atoms with Crippen LogP contribution in [0.5, 0.6) is 0 Å². The zero-order valence-corrected chi connectivity index (χ0v) is 13.2. The molecule has 114 valence electrons. The van der Waals surface area contributed by atoms with Crippen LogP contribution >= 0.6 is 0 Å². The van der Waals surface area contributed by atoms with Gasteiger partial charge in [0, 0.05) is 24.0 Å². The lowest BCUT2D eigenvalue weighted by molar-refractivity contribution is 0.0838. The lowest BCUT2D eigenvalue weighted by Gasteiger charge is -2.37. The minimum Gasteiger partial charge on any atom is -0.352 e. The molecular formula is C19H22N2O. The van der Waals surface area contributed by atoms with Crippen LogP contribution in [0.1, 0.15) is 29.4 Å². The summed E-state index contributed by atoms with van der Waals surface area (Å²) in [6.45, 7) is 4.00. The van der Waals surface area contributed by atoms with E-state index in [0.717, 1.165) is 37.1 Å². The van der Waals surface area contributed by atoms with Crippen molar-refractivity contribution in [2.75, 3.05) is 20.1 Å². The number of Topliss-reactive ketones (excluding diaryl/α,β-unsaturated/α-hetero) is 1. The standard InChI is InChI=1S/C19H22N2O/c1-3-12-10-21(2)11-13-8-9-15-14-6-4-5-7-16(14)20-18(15)19(22)17(12)13/h3-7,13,17,20H,8-11H2,1-2H3. The van der Waals surface area contributed by atoms with Crippen LogP contribution < -0.4 is 0 Å². The molecule has 1 aliphatic heterocycles. The molecule has 2 unspecified atom stereocenters. The fraction of sp³-hybridized carbons (Fsp3) is 0.421. The molecule has 0 bridgehead atoms. The lowest BCUT2D eigenvalue weighted by atomic mass is 9.77. The highest BCUT2D eigenvalue weighted by molar-refractivity contribution is 6.05. The predicted octanol–water partition coefficient (Wildman–Crippen LogP) is 3.42. The molecular weight excluding hydrogens is 272 g/mol. The van der Waals surface area contributed by atoms with Crippen LogP contribution in [-0.2, 0) is 6.42 Å². The average molecular weight is 294 g/mol. The minimum absolute atomic E-state index is 0.0653. The van der Waals surface area contributed by atoms with Gasteiger partial charge in [-0.05, 0) is 49.9 Å². The van der Waals surface area contributed by atoms with Gasteiger partial charge in [-0.2, -0.15) is 0 Å². The maximum atomic E-state index is 13.2. The third kappa shape index (κ3) is 1.96. The highest BCUT2D eigenvalue weighted by atomic mass is 16.1. The molecule has 2 heterocycles. The molecule has 3 heteroatoms. The number of hydrogen-bond acceptors (Lipinski definition) is 2. The van der Waals surface area contributed by atoms with Gasteiger partial charge in [0.1, 0.15) is 0 Å². The number of para-hydroxylation sites is 1. The Morgan fingerprint density at radius 1 is 1.32 bits per heavy atom. The van der Waals surface area contributed by atoms with Crippen molar-refractivity contribution in [1.29, 1.82) is 0 Å². The van der Waals surface area contributed by atoms with Crippen molar-refractivity contribution in [3.05, 3.63) is 47.2 Å². The first-order valence-corrected chi connectivity index (χ1v) is 8.16. The Labute approximate surface area is 131 Å². The number of benzene rings is 1.